The summed E-state index contributed by atoms with van der Waals surface area (Å²) in [5, 5.41) is 3.28. The van der Waals surface area contributed by atoms with E-state index in [1.54, 1.807) is 36.3 Å². The summed E-state index contributed by atoms with van der Waals surface area (Å²) in [6.07, 6.45) is 0.680. The van der Waals surface area contributed by atoms with Gasteiger partial charge in [-0.2, -0.15) is 0 Å². The van der Waals surface area contributed by atoms with Crippen LogP contribution >= 0.6 is 11.3 Å². The number of methoxy groups -OCH3 is 1. The van der Waals surface area contributed by atoms with Gasteiger partial charge in [-0.1, -0.05) is 11.3 Å². The number of aromatic nitrogens is 1. The van der Waals surface area contributed by atoms with Crippen LogP contribution < -0.4 is 14.8 Å². The first kappa shape index (κ1) is 17.2. The number of thiazole rings is 1. The fourth-order valence-electron chi connectivity index (χ4n) is 2.52. The molecule has 2 heterocycles. The molecule has 2 amide bonds. The minimum absolute atomic E-state index is 0.0149. The highest BCUT2D eigenvalue weighted by molar-refractivity contribution is 7.15. The molecule has 0 unspecified atom stereocenters. The van der Waals surface area contributed by atoms with Crippen LogP contribution in [0.15, 0.2) is 24.3 Å². The first-order chi connectivity index (χ1) is 12.0. The van der Waals surface area contributed by atoms with Gasteiger partial charge in [-0.05, 0) is 24.3 Å². The van der Waals surface area contributed by atoms with E-state index in [0.717, 1.165) is 16.3 Å². The third-order valence-electron chi connectivity index (χ3n) is 3.79. The molecule has 0 aliphatic carbocycles. The molecule has 0 fully saturated rings. The Bertz CT molecular complexity index is 773. The van der Waals surface area contributed by atoms with E-state index in [1.807, 2.05) is 0 Å². The Morgan fingerprint density at radius 3 is 2.68 bits per heavy atom. The minimum atomic E-state index is -0.146. The first-order valence-corrected chi connectivity index (χ1v) is 8.67. The molecule has 1 N–H and O–H groups in total. The Labute approximate surface area is 149 Å². The van der Waals surface area contributed by atoms with Crippen molar-refractivity contribution >= 4 is 28.3 Å². The van der Waals surface area contributed by atoms with Crippen LogP contribution in [0.4, 0.5) is 5.13 Å². The van der Waals surface area contributed by atoms with Gasteiger partial charge in [0.05, 0.1) is 19.3 Å². The zero-order valence-electron chi connectivity index (χ0n) is 14.1. The number of rotatable bonds is 5. The second-order valence-corrected chi connectivity index (χ2v) is 6.68. The summed E-state index contributed by atoms with van der Waals surface area (Å²) >= 11 is 1.41. The highest BCUT2D eigenvalue weighted by Crippen LogP contribution is 2.28. The van der Waals surface area contributed by atoms with Crippen LogP contribution in [0.3, 0.4) is 0 Å². The van der Waals surface area contributed by atoms with Crippen molar-refractivity contribution in [1.82, 2.24) is 9.88 Å². The van der Waals surface area contributed by atoms with Crippen molar-refractivity contribution in [2.75, 3.05) is 25.6 Å². The fourth-order valence-corrected chi connectivity index (χ4v) is 3.59. The predicted molar refractivity (Wildman–Crippen MR) is 94.0 cm³/mol. The lowest BCUT2D eigenvalue weighted by Crippen LogP contribution is -2.38. The van der Waals surface area contributed by atoms with Crippen LogP contribution in [0.25, 0.3) is 0 Å². The normalized spacial score (nSPS) is 13.1. The van der Waals surface area contributed by atoms with Gasteiger partial charge in [-0.15, -0.1) is 0 Å². The predicted octanol–water partition coefficient (Wildman–Crippen LogP) is 2.07. The van der Waals surface area contributed by atoms with Crippen LogP contribution in [0.5, 0.6) is 11.5 Å². The number of ether oxygens (including phenoxy) is 2. The number of amides is 2. The summed E-state index contributed by atoms with van der Waals surface area (Å²) in [4.78, 5) is 30.7. The zero-order chi connectivity index (χ0) is 17.8. The Morgan fingerprint density at radius 2 is 2.00 bits per heavy atom. The maximum absolute atomic E-state index is 12.4. The van der Waals surface area contributed by atoms with Crippen LogP contribution in [-0.2, 0) is 22.6 Å². The molecule has 2 aromatic rings. The van der Waals surface area contributed by atoms with Crippen LogP contribution in [0.2, 0.25) is 0 Å². The highest BCUT2D eigenvalue weighted by atomic mass is 32.1. The Hall–Kier alpha value is -2.61. The lowest BCUT2D eigenvalue weighted by molar-refractivity contribution is -0.134. The maximum atomic E-state index is 12.4. The van der Waals surface area contributed by atoms with Gasteiger partial charge in [0, 0.05) is 24.8 Å². The number of nitrogens with one attached hydrogen (secondary N) is 1. The van der Waals surface area contributed by atoms with Crippen molar-refractivity contribution < 1.29 is 19.1 Å². The van der Waals surface area contributed by atoms with E-state index in [0.29, 0.717) is 30.4 Å². The molecule has 1 aliphatic heterocycles. The highest BCUT2D eigenvalue weighted by Gasteiger charge is 2.24. The fraction of sp³-hybridized carbons (Fsp3) is 0.353. The van der Waals surface area contributed by atoms with E-state index < -0.39 is 0 Å². The average molecular weight is 361 g/mol. The van der Waals surface area contributed by atoms with Crippen LogP contribution in [0.1, 0.15) is 17.5 Å². The van der Waals surface area contributed by atoms with Gasteiger partial charge < -0.3 is 19.7 Å². The summed E-state index contributed by atoms with van der Waals surface area (Å²) in [7, 11) is 1.60. The van der Waals surface area contributed by atoms with Gasteiger partial charge in [-0.3, -0.25) is 9.59 Å². The standard InChI is InChI=1S/C17H19N3O4S/c1-11(21)18-17-19-14-7-8-20(9-15(14)25-17)16(22)10-24-13-5-3-12(23-2)4-6-13/h3-6H,7-10H2,1-2H3,(H,18,19,21). The Kier molecular flexibility index (Phi) is 5.18. The molecule has 1 aromatic carbocycles. The molecule has 0 saturated heterocycles. The molecule has 132 valence electrons. The van der Waals surface area contributed by atoms with E-state index in [2.05, 4.69) is 10.3 Å². The smallest absolute Gasteiger partial charge is 0.260 e. The maximum Gasteiger partial charge on any atom is 0.260 e. The van der Waals surface area contributed by atoms with Crippen molar-refractivity contribution in [3.05, 3.63) is 34.8 Å². The SMILES string of the molecule is COc1ccc(OCC(=O)N2CCc3nc(NC(C)=O)sc3C2)cc1. The van der Waals surface area contributed by atoms with Crippen molar-refractivity contribution in [3.63, 3.8) is 0 Å². The second-order valence-electron chi connectivity index (χ2n) is 5.60. The number of anilines is 1. The summed E-state index contributed by atoms with van der Waals surface area (Å²) in [6, 6.07) is 7.11. The lowest BCUT2D eigenvalue weighted by Gasteiger charge is -2.26. The molecular formula is C17H19N3O4S. The molecule has 8 heteroatoms. The quantitative estimate of drug-likeness (QED) is 0.882. The second kappa shape index (κ2) is 7.52. The summed E-state index contributed by atoms with van der Waals surface area (Å²) in [6.45, 7) is 2.53. The first-order valence-electron chi connectivity index (χ1n) is 7.86. The zero-order valence-corrected chi connectivity index (χ0v) is 14.9. The molecule has 3 rings (SSSR count). The number of nitrogens with zero attached hydrogens (tertiary/aromatic N) is 2. The minimum Gasteiger partial charge on any atom is -0.497 e. The number of benzene rings is 1. The molecule has 0 bridgehead atoms. The van der Waals surface area contributed by atoms with Gasteiger partial charge in [0.15, 0.2) is 11.7 Å². The molecule has 0 spiro atoms. The van der Waals surface area contributed by atoms with E-state index >= 15 is 0 Å². The Morgan fingerprint density at radius 1 is 1.28 bits per heavy atom. The molecule has 7 nitrogen and oxygen atoms in total. The monoisotopic (exact) mass is 361 g/mol. The van der Waals surface area contributed by atoms with Gasteiger partial charge >= 0.3 is 0 Å². The van der Waals surface area contributed by atoms with Gasteiger partial charge in [-0.25, -0.2) is 4.98 Å². The number of carbonyl (C=O) groups excluding carboxylic acids is 2. The van der Waals surface area contributed by atoms with E-state index in [1.165, 1.54) is 18.3 Å². The van der Waals surface area contributed by atoms with Crippen molar-refractivity contribution in [1.29, 1.82) is 0 Å². The third kappa shape index (κ3) is 4.27. The van der Waals surface area contributed by atoms with E-state index in [4.69, 9.17) is 9.47 Å². The molecule has 0 radical (unpaired) electrons. The number of hydrogen-bond donors (Lipinski definition) is 1. The van der Waals surface area contributed by atoms with Crippen molar-refractivity contribution in [2.45, 2.75) is 19.9 Å². The number of hydrogen-bond acceptors (Lipinski definition) is 6. The van der Waals surface area contributed by atoms with Crippen LogP contribution in [-0.4, -0.2) is 42.0 Å². The molecular weight excluding hydrogens is 342 g/mol. The van der Waals surface area contributed by atoms with Gasteiger partial charge in [0.2, 0.25) is 5.91 Å². The summed E-state index contributed by atoms with van der Waals surface area (Å²) in [5.41, 5.74) is 0.953. The molecule has 0 atom stereocenters. The Balaban J connectivity index is 1.56. The number of carbonyl (C=O) groups is 2. The van der Waals surface area contributed by atoms with E-state index in [-0.39, 0.29) is 18.4 Å². The summed E-state index contributed by atoms with van der Waals surface area (Å²) < 4.78 is 10.6. The average Bonchev–Trinajstić information content (AvgIpc) is 3.00. The molecule has 1 aromatic heterocycles. The van der Waals surface area contributed by atoms with Crippen molar-refractivity contribution in [3.8, 4) is 11.5 Å². The largest absolute Gasteiger partial charge is 0.497 e. The molecule has 25 heavy (non-hydrogen) atoms. The summed E-state index contributed by atoms with van der Waals surface area (Å²) in [5.74, 6) is 1.14. The molecule has 1 aliphatic rings. The lowest BCUT2D eigenvalue weighted by atomic mass is 10.2. The topological polar surface area (TPSA) is 80.8 Å². The van der Waals surface area contributed by atoms with Crippen molar-refractivity contribution in [2.24, 2.45) is 0 Å². The van der Waals surface area contributed by atoms with Gasteiger partial charge in [0.25, 0.3) is 5.91 Å². The van der Waals surface area contributed by atoms with Crippen LogP contribution in [0, 0.1) is 0 Å². The van der Waals surface area contributed by atoms with Gasteiger partial charge in [0.1, 0.15) is 11.5 Å². The third-order valence-corrected chi connectivity index (χ3v) is 4.79. The molecule has 0 saturated carbocycles. The van der Waals surface area contributed by atoms with E-state index in [9.17, 15) is 9.59 Å². The number of fused-ring (bicyclic) bond motifs is 1.